The predicted octanol–water partition coefficient (Wildman–Crippen LogP) is 19.6. The minimum absolute atomic E-state index is 0.180. The molecule has 0 aliphatic heterocycles. The molecule has 0 bridgehead atoms. The lowest BCUT2D eigenvalue weighted by molar-refractivity contribution is 0.714. The highest BCUT2D eigenvalue weighted by Crippen LogP contribution is 2.30. The normalized spacial score (nSPS) is 11.3. The van der Waals surface area contributed by atoms with Crippen LogP contribution in [0.2, 0.25) is 30.1 Å². The van der Waals surface area contributed by atoms with E-state index in [1.807, 2.05) is 146 Å². The number of aromatic nitrogens is 18. The number of unbranched alkanes of at least 4 members (excludes halogenated alkanes) is 1. The van der Waals surface area contributed by atoms with Gasteiger partial charge in [-0.05, 0) is 145 Å². The summed E-state index contributed by atoms with van der Waals surface area (Å²) in [4.78, 5) is 86.8. The molecule has 6 aromatic heterocycles. The Labute approximate surface area is 724 Å². The fraction of sp³-hybridized carbons (Fsp3) is 0.316. The largest absolute Gasteiger partial charge is 0.368 e. The van der Waals surface area contributed by atoms with Crippen LogP contribution in [0.5, 0.6) is 0 Å². The molecule has 24 nitrogen and oxygen atoms in total. The van der Waals surface area contributed by atoms with E-state index in [4.69, 9.17) is 155 Å². The van der Waals surface area contributed by atoms with Crippen molar-refractivity contribution < 1.29 is 0 Å². The van der Waals surface area contributed by atoms with Gasteiger partial charge in [0.1, 0.15) is 34.9 Å². The first-order chi connectivity index (χ1) is 56.1. The van der Waals surface area contributed by atoms with Crippen LogP contribution in [0.3, 0.4) is 0 Å². The smallest absolute Gasteiger partial charge is 0.226 e. The van der Waals surface area contributed by atoms with Crippen molar-refractivity contribution >= 4 is 176 Å². The van der Waals surface area contributed by atoms with Crippen molar-refractivity contribution in [2.24, 2.45) is 0 Å². The second kappa shape index (κ2) is 46.2. The number of nitrogens with one attached hydrogen (secondary N) is 5. The highest BCUT2D eigenvalue weighted by Gasteiger charge is 2.17. The topological polar surface area (TPSA) is 318 Å². The molecule has 0 spiro atoms. The fourth-order valence-corrected chi connectivity index (χ4v) is 16.4. The Morgan fingerprint density at radius 2 is 0.417 bits per heavy atom. The van der Waals surface area contributed by atoms with Gasteiger partial charge in [0.2, 0.25) is 35.7 Å². The Bertz CT molecular complexity index is 5050. The van der Waals surface area contributed by atoms with E-state index in [-0.39, 0.29) is 5.95 Å². The second-order valence-corrected chi connectivity index (χ2v) is 34.2. The molecule has 0 aliphatic rings. The van der Waals surface area contributed by atoms with Gasteiger partial charge in [0.05, 0.1) is 0 Å². The van der Waals surface area contributed by atoms with Crippen LogP contribution in [0.15, 0.2) is 177 Å². The molecule has 596 valence electrons. The number of thioether (sulfide) groups is 6. The minimum atomic E-state index is 0.180. The monoisotopic (exact) mass is 1770 g/mol. The number of nitrogens with zero attached hydrogens (tertiary/aromatic N) is 18. The molecular weight excluding hydrogens is 1690 g/mol. The number of nitrogens with two attached hydrogens (primary N) is 1. The Morgan fingerprint density at radius 1 is 0.235 bits per heavy atom. The molecule has 6 aromatic carbocycles. The van der Waals surface area contributed by atoms with Crippen molar-refractivity contribution in [3.8, 4) is 0 Å². The summed E-state index contributed by atoms with van der Waals surface area (Å²) < 4.78 is 0. The Balaban J connectivity index is 0.671. The summed E-state index contributed by atoms with van der Waals surface area (Å²) in [5, 5.41) is 25.1. The number of hydrogen-bond donors (Lipinski definition) is 6. The summed E-state index contributed by atoms with van der Waals surface area (Å²) in [6, 6.07) is 46.7. The summed E-state index contributed by atoms with van der Waals surface area (Å²) >= 11 is 46.5. The molecular formula is C79H82Cl6N24S6. The highest BCUT2D eigenvalue weighted by molar-refractivity contribution is 7.99. The summed E-state index contributed by atoms with van der Waals surface area (Å²) in [6.45, 7) is 4.90. The average Bonchev–Trinajstić information content (AvgIpc) is 0.868. The summed E-state index contributed by atoms with van der Waals surface area (Å²) in [6.07, 6.45) is 8.97. The second-order valence-electron chi connectivity index (χ2n) is 25.9. The van der Waals surface area contributed by atoms with Crippen LogP contribution in [0.4, 0.5) is 35.7 Å². The molecule has 0 saturated heterocycles. The van der Waals surface area contributed by atoms with Crippen molar-refractivity contribution in [3.05, 3.63) is 244 Å². The van der Waals surface area contributed by atoms with Gasteiger partial charge in [-0.15, -0.1) is 0 Å². The van der Waals surface area contributed by atoms with Gasteiger partial charge in [-0.2, -0.15) is 59.8 Å². The molecule has 6 heterocycles. The number of anilines is 6. The number of aryl methyl sites for hydroxylation is 6. The molecule has 0 unspecified atom stereocenters. The van der Waals surface area contributed by atoms with Crippen molar-refractivity contribution in [1.29, 1.82) is 0 Å². The number of rotatable bonds is 46. The predicted molar refractivity (Wildman–Crippen MR) is 472 cm³/mol. The van der Waals surface area contributed by atoms with Crippen molar-refractivity contribution in [2.45, 2.75) is 156 Å². The maximum Gasteiger partial charge on any atom is 0.226 e. The first kappa shape index (κ1) is 86.4. The van der Waals surface area contributed by atoms with Gasteiger partial charge in [0.25, 0.3) is 0 Å². The van der Waals surface area contributed by atoms with E-state index in [9.17, 15) is 0 Å². The number of halogens is 6. The highest BCUT2D eigenvalue weighted by atomic mass is 35.5. The van der Waals surface area contributed by atoms with Crippen molar-refractivity contribution in [2.75, 3.05) is 65.0 Å². The van der Waals surface area contributed by atoms with E-state index in [0.29, 0.717) is 251 Å². The van der Waals surface area contributed by atoms with E-state index in [1.54, 1.807) is 23.5 Å². The first-order valence-electron chi connectivity index (χ1n) is 37.3. The van der Waals surface area contributed by atoms with Gasteiger partial charge in [-0.25, -0.2) is 29.9 Å². The molecule has 0 atom stereocenters. The van der Waals surface area contributed by atoms with Crippen LogP contribution < -0.4 is 32.3 Å². The van der Waals surface area contributed by atoms with Crippen molar-refractivity contribution in [3.63, 3.8) is 0 Å². The lowest BCUT2D eigenvalue weighted by atomic mass is 10.2. The van der Waals surface area contributed by atoms with Crippen LogP contribution in [-0.2, 0) is 73.0 Å². The summed E-state index contributed by atoms with van der Waals surface area (Å²) in [5.41, 5.74) is 12.7. The molecule has 36 heteroatoms. The molecule has 0 amide bonds. The van der Waals surface area contributed by atoms with E-state index in [2.05, 4.69) is 43.5 Å². The van der Waals surface area contributed by atoms with Gasteiger partial charge >= 0.3 is 0 Å². The Hall–Kier alpha value is -7.98. The van der Waals surface area contributed by atoms with E-state index in [0.717, 1.165) is 58.5 Å². The molecule has 0 aliphatic carbocycles. The first-order valence-corrected chi connectivity index (χ1v) is 45.5. The third-order valence-electron chi connectivity index (χ3n) is 16.7. The van der Waals surface area contributed by atoms with Gasteiger partial charge in [-0.1, -0.05) is 226 Å². The van der Waals surface area contributed by atoms with E-state index in [1.165, 1.54) is 47.0 Å². The SMILES string of the molecule is CCCCc1nc(NCCCc2nc(NCCCc3nc(NCCCc4nc(NCCCc5nc(NCCCc6nc(N)nc(SCc7ccc(Cl)cc7)n6)nc(SCc6ccc(Cl)cc6)n5)nc(SCc5ccc(Cl)cc5)n4)nc(SCc4ccc(Cl)cc4)n3)nc(SCc3ccc(Cl)cc3)n2)nc(SCc2ccc(Cl)cc2)n1. The quantitative estimate of drug-likeness (QED) is 0.0152. The average molecular weight is 1770 g/mol. The number of nitrogen functional groups attached to an aromatic ring is 1. The maximum absolute atomic E-state index is 6.28. The van der Waals surface area contributed by atoms with Crippen LogP contribution >= 0.6 is 140 Å². The molecule has 12 rings (SSSR count). The van der Waals surface area contributed by atoms with E-state index < -0.39 is 0 Å². The zero-order valence-corrected chi connectivity index (χ0v) is 72.1. The van der Waals surface area contributed by atoms with E-state index >= 15 is 0 Å². The molecule has 0 saturated carbocycles. The molecule has 7 N–H and O–H groups in total. The van der Waals surface area contributed by atoms with Crippen LogP contribution in [0.25, 0.3) is 0 Å². The molecule has 0 radical (unpaired) electrons. The standard InChI is InChI=1S/C79H82Cl6N24S6/c1-2-3-9-63-93-69(105-75(99-63)111-45-51-17-29-57(81)30-18-51)88-40-5-11-65-95-71(107-77(101-65)113-47-53-21-33-59(83)34-22-53)90-42-7-13-67-97-73(109-79(103-67)115-49-55-25-37-61(85)38-26-55)91-43-8-14-66-96-72(108-78(102-66)114-48-54-23-35-60(84)36-24-54)89-41-6-12-64-94-70(106-76(100-64)112-46-52-19-31-58(82)32-20-52)87-39-4-10-62-92-68(86)104-74(98-62)110-44-50-15-27-56(80)28-16-50/h15-38H,2-14,39-49H2,1H3,(H2,86,92,98,104)(H,87,94,100,106)(H,88,93,99,105)(H,89,96,102,108)(H,90,95,101,107)(H,91,97,103,109). The number of hydrogen-bond acceptors (Lipinski definition) is 30. The van der Waals surface area contributed by atoms with Crippen LogP contribution in [-0.4, -0.2) is 122 Å². The third kappa shape index (κ3) is 30.8. The minimum Gasteiger partial charge on any atom is -0.368 e. The Morgan fingerprint density at radius 3 is 0.617 bits per heavy atom. The third-order valence-corrected chi connectivity index (χ3v) is 23.7. The zero-order valence-electron chi connectivity index (χ0n) is 62.7. The lowest BCUT2D eigenvalue weighted by Crippen LogP contribution is -2.14. The van der Waals surface area contributed by atoms with Gasteiger partial charge in [0, 0.05) is 136 Å². The summed E-state index contributed by atoms with van der Waals surface area (Å²) in [7, 11) is 0. The molecule has 115 heavy (non-hydrogen) atoms. The molecule has 0 fully saturated rings. The maximum atomic E-state index is 6.28. The lowest BCUT2D eigenvalue weighted by Gasteiger charge is -2.11. The zero-order chi connectivity index (χ0) is 79.8. The summed E-state index contributed by atoms with van der Waals surface area (Å²) in [5.74, 6) is 10.6. The number of benzene rings is 6. The van der Waals surface area contributed by atoms with Gasteiger partial charge in [0.15, 0.2) is 30.9 Å². The van der Waals surface area contributed by atoms with Gasteiger partial charge in [-0.3, -0.25) is 0 Å². The van der Waals surface area contributed by atoms with Gasteiger partial charge < -0.3 is 32.3 Å². The van der Waals surface area contributed by atoms with Crippen LogP contribution in [0.1, 0.15) is 120 Å². The van der Waals surface area contributed by atoms with Crippen LogP contribution in [0, 0.1) is 0 Å². The molecule has 12 aromatic rings. The fourth-order valence-electron chi connectivity index (χ4n) is 10.8. The van der Waals surface area contributed by atoms with Crippen molar-refractivity contribution in [1.82, 2.24) is 89.7 Å². The Kier molecular flexibility index (Phi) is 34.7.